The summed E-state index contributed by atoms with van der Waals surface area (Å²) < 4.78 is 23.0. The predicted molar refractivity (Wildman–Crippen MR) is 126 cm³/mol. The van der Waals surface area contributed by atoms with Gasteiger partial charge in [0.25, 0.3) is 0 Å². The summed E-state index contributed by atoms with van der Waals surface area (Å²) in [6, 6.07) is 10.1. The first-order valence-electron chi connectivity index (χ1n) is 11.1. The minimum absolute atomic E-state index is 0.0742. The van der Waals surface area contributed by atoms with Gasteiger partial charge in [0.05, 0.1) is 19.6 Å². The Hall–Kier alpha value is -2.37. The molecule has 5 heteroatoms. The third-order valence-electron chi connectivity index (χ3n) is 5.93. The average Bonchev–Trinajstić information content (AvgIpc) is 3.08. The summed E-state index contributed by atoms with van der Waals surface area (Å²) in [5, 5.41) is 0. The lowest BCUT2D eigenvalue weighted by Gasteiger charge is -2.31. The van der Waals surface area contributed by atoms with E-state index in [1.807, 2.05) is 12.1 Å². The number of rotatable bonds is 7. The first kappa shape index (κ1) is 24.3. The molecule has 2 aromatic carbocycles. The molecule has 0 fully saturated rings. The van der Waals surface area contributed by atoms with Crippen LogP contribution in [0.15, 0.2) is 30.3 Å². The molecule has 0 saturated carbocycles. The lowest BCUT2D eigenvalue weighted by atomic mass is 9.75. The highest BCUT2D eigenvalue weighted by Crippen LogP contribution is 2.47. The Kier molecular flexibility index (Phi) is 7.01. The van der Waals surface area contributed by atoms with Crippen LogP contribution >= 0.6 is 0 Å². The first-order valence-corrected chi connectivity index (χ1v) is 11.1. The van der Waals surface area contributed by atoms with Crippen molar-refractivity contribution in [2.45, 2.75) is 64.4 Å². The summed E-state index contributed by atoms with van der Waals surface area (Å²) in [7, 11) is 3.35. The van der Waals surface area contributed by atoms with Crippen LogP contribution < -0.4 is 9.47 Å². The predicted octanol–water partition coefficient (Wildman–Crippen LogP) is 5.62. The average molecular weight is 441 g/mol. The maximum atomic E-state index is 11.5. The highest BCUT2D eigenvalue weighted by Gasteiger charge is 2.38. The Bertz CT molecular complexity index is 930. The van der Waals surface area contributed by atoms with Crippen molar-refractivity contribution in [1.29, 1.82) is 0 Å². The van der Waals surface area contributed by atoms with Gasteiger partial charge in [-0.3, -0.25) is 4.79 Å². The quantitative estimate of drug-likeness (QED) is 0.318. The van der Waals surface area contributed by atoms with E-state index in [-0.39, 0.29) is 29.6 Å². The van der Waals surface area contributed by atoms with Crippen molar-refractivity contribution in [2.75, 3.05) is 27.6 Å². The number of benzene rings is 2. The highest BCUT2D eigenvalue weighted by atomic mass is 16.7. The Morgan fingerprint density at radius 2 is 1.59 bits per heavy atom. The molecule has 0 spiro atoms. The van der Waals surface area contributed by atoms with Gasteiger partial charge in [-0.15, -0.1) is 0 Å². The van der Waals surface area contributed by atoms with E-state index in [1.165, 1.54) is 0 Å². The Morgan fingerprint density at radius 3 is 2.09 bits per heavy atom. The summed E-state index contributed by atoms with van der Waals surface area (Å²) >= 11 is 0. The SMILES string of the molecule is COCOCC1Oc2ccc(C=O)cc2C1c1cc(C(C)(C)C)c(OC)c(C(C)(C)C)c1. The van der Waals surface area contributed by atoms with E-state index < -0.39 is 0 Å². The van der Waals surface area contributed by atoms with Gasteiger partial charge in [-0.1, -0.05) is 53.7 Å². The van der Waals surface area contributed by atoms with Crippen LogP contribution in [0.4, 0.5) is 0 Å². The molecule has 2 unspecified atom stereocenters. The molecular weight excluding hydrogens is 404 g/mol. The lowest BCUT2D eigenvalue weighted by Crippen LogP contribution is -2.27. The van der Waals surface area contributed by atoms with Gasteiger partial charge in [0.15, 0.2) is 0 Å². The van der Waals surface area contributed by atoms with E-state index in [9.17, 15) is 4.79 Å². The fourth-order valence-corrected chi connectivity index (χ4v) is 4.36. The van der Waals surface area contributed by atoms with Crippen LogP contribution in [0.5, 0.6) is 11.5 Å². The minimum Gasteiger partial charge on any atom is -0.496 e. The number of methoxy groups -OCH3 is 2. The van der Waals surface area contributed by atoms with Gasteiger partial charge >= 0.3 is 0 Å². The molecule has 174 valence electrons. The molecule has 1 aliphatic heterocycles. The van der Waals surface area contributed by atoms with Crippen LogP contribution in [-0.2, 0) is 20.3 Å². The van der Waals surface area contributed by atoms with Gasteiger partial charge in [-0.2, -0.15) is 0 Å². The van der Waals surface area contributed by atoms with Crippen molar-refractivity contribution >= 4 is 6.29 Å². The van der Waals surface area contributed by atoms with E-state index in [0.29, 0.717) is 12.2 Å². The van der Waals surface area contributed by atoms with Gasteiger partial charge in [0, 0.05) is 29.4 Å². The standard InChI is InChI=1S/C27H36O5/c1-26(2,3)20-12-18(13-21(25(20)30-8)27(4,5)6)24-19-11-17(14-28)9-10-22(19)32-23(24)15-31-16-29-7/h9-14,23-24H,15-16H2,1-8H3. The number of fused-ring (bicyclic) bond motifs is 1. The summed E-state index contributed by atoms with van der Waals surface area (Å²) in [6.45, 7) is 13.8. The molecule has 1 heterocycles. The van der Waals surface area contributed by atoms with Gasteiger partial charge < -0.3 is 18.9 Å². The lowest BCUT2D eigenvalue weighted by molar-refractivity contribution is -0.0551. The highest BCUT2D eigenvalue weighted by molar-refractivity contribution is 5.76. The summed E-state index contributed by atoms with van der Waals surface area (Å²) in [6.07, 6.45) is 0.650. The second-order valence-electron chi connectivity index (χ2n) is 10.5. The molecule has 0 bridgehead atoms. The smallest absolute Gasteiger partial charge is 0.150 e. The normalized spacial score (nSPS) is 18.2. The molecule has 0 N–H and O–H groups in total. The van der Waals surface area contributed by atoms with Gasteiger partial charge in [0.1, 0.15) is 30.7 Å². The zero-order valence-corrected chi connectivity index (χ0v) is 20.6. The van der Waals surface area contributed by atoms with Crippen LogP contribution in [-0.4, -0.2) is 40.0 Å². The number of hydrogen-bond donors (Lipinski definition) is 0. The van der Waals surface area contributed by atoms with E-state index in [4.69, 9.17) is 18.9 Å². The van der Waals surface area contributed by atoms with Crippen LogP contribution in [0.1, 0.15) is 80.1 Å². The number of hydrogen-bond acceptors (Lipinski definition) is 5. The molecule has 0 radical (unpaired) electrons. The van der Waals surface area contributed by atoms with Gasteiger partial charge in [0.2, 0.25) is 0 Å². The van der Waals surface area contributed by atoms with Crippen molar-refractivity contribution in [1.82, 2.24) is 0 Å². The molecular formula is C27H36O5. The van der Waals surface area contributed by atoms with Crippen molar-refractivity contribution < 1.29 is 23.7 Å². The van der Waals surface area contributed by atoms with E-state index in [0.717, 1.165) is 40.0 Å². The molecule has 5 nitrogen and oxygen atoms in total. The fraction of sp³-hybridized carbons (Fsp3) is 0.519. The zero-order valence-electron chi connectivity index (χ0n) is 20.6. The molecule has 2 atom stereocenters. The zero-order chi connectivity index (χ0) is 23.7. The van der Waals surface area contributed by atoms with Gasteiger partial charge in [-0.25, -0.2) is 0 Å². The van der Waals surface area contributed by atoms with Crippen molar-refractivity contribution in [3.8, 4) is 11.5 Å². The summed E-state index contributed by atoms with van der Waals surface area (Å²) in [4.78, 5) is 11.5. The Labute approximate surface area is 192 Å². The molecule has 0 amide bonds. The van der Waals surface area contributed by atoms with Crippen LogP contribution in [0, 0.1) is 0 Å². The van der Waals surface area contributed by atoms with Crippen molar-refractivity contribution in [3.05, 3.63) is 58.1 Å². The first-order chi connectivity index (χ1) is 15.0. The second-order valence-corrected chi connectivity index (χ2v) is 10.5. The maximum Gasteiger partial charge on any atom is 0.150 e. The molecule has 2 aromatic rings. The number of carbonyl (C=O) groups excluding carboxylic acids is 1. The monoisotopic (exact) mass is 440 g/mol. The minimum atomic E-state index is -0.226. The summed E-state index contributed by atoms with van der Waals surface area (Å²) in [5.41, 5.74) is 4.85. The molecule has 32 heavy (non-hydrogen) atoms. The molecule has 0 aromatic heterocycles. The number of carbonyl (C=O) groups is 1. The molecule has 0 aliphatic carbocycles. The number of ether oxygens (including phenoxy) is 4. The van der Waals surface area contributed by atoms with Crippen LogP contribution in [0.25, 0.3) is 0 Å². The maximum absolute atomic E-state index is 11.5. The van der Waals surface area contributed by atoms with E-state index in [1.54, 1.807) is 20.3 Å². The van der Waals surface area contributed by atoms with E-state index >= 15 is 0 Å². The van der Waals surface area contributed by atoms with Crippen LogP contribution in [0.3, 0.4) is 0 Å². The van der Waals surface area contributed by atoms with Gasteiger partial charge in [-0.05, 0) is 34.6 Å². The summed E-state index contributed by atoms with van der Waals surface area (Å²) in [5.74, 6) is 1.65. The number of aldehydes is 1. The second kappa shape index (κ2) is 9.24. The molecule has 3 rings (SSSR count). The third-order valence-corrected chi connectivity index (χ3v) is 5.93. The van der Waals surface area contributed by atoms with Crippen molar-refractivity contribution in [2.24, 2.45) is 0 Å². The topological polar surface area (TPSA) is 54.0 Å². The fourth-order valence-electron chi connectivity index (χ4n) is 4.36. The largest absolute Gasteiger partial charge is 0.496 e. The molecule has 1 aliphatic rings. The molecule has 0 saturated heterocycles. The van der Waals surface area contributed by atoms with Crippen molar-refractivity contribution in [3.63, 3.8) is 0 Å². The third kappa shape index (κ3) is 4.84. The Balaban J connectivity index is 2.23. The van der Waals surface area contributed by atoms with Crippen LogP contribution in [0.2, 0.25) is 0 Å². The Morgan fingerprint density at radius 1 is 0.969 bits per heavy atom. The van der Waals surface area contributed by atoms with E-state index in [2.05, 4.69) is 53.7 Å².